The number of hydrogen-bond donors (Lipinski definition) is 1. The molecule has 0 aliphatic carbocycles. The molecule has 0 saturated carbocycles. The van der Waals surface area contributed by atoms with Crippen LogP contribution in [0.15, 0.2) is 40.9 Å². The highest BCUT2D eigenvalue weighted by Gasteiger charge is 2.15. The SMILES string of the molecule is CCOC(=O)c1cccc(NC(=O)c2cc(OC)c(Br)c(OC)c2)c1. The number of anilines is 1. The summed E-state index contributed by atoms with van der Waals surface area (Å²) in [6.45, 7) is 2.02. The average Bonchev–Trinajstić information content (AvgIpc) is 2.62. The second-order valence-corrected chi connectivity index (χ2v) is 5.74. The fourth-order valence-corrected chi connectivity index (χ4v) is 2.69. The molecule has 2 aromatic rings. The molecule has 0 atom stereocenters. The fourth-order valence-electron chi connectivity index (χ4n) is 2.14. The van der Waals surface area contributed by atoms with Gasteiger partial charge in [-0.2, -0.15) is 0 Å². The Kier molecular flexibility index (Phi) is 6.41. The second kappa shape index (κ2) is 8.53. The van der Waals surface area contributed by atoms with Gasteiger partial charge >= 0.3 is 5.97 Å². The number of rotatable bonds is 6. The van der Waals surface area contributed by atoms with Crippen LogP contribution in [0.4, 0.5) is 5.69 Å². The van der Waals surface area contributed by atoms with Crippen LogP contribution in [0.1, 0.15) is 27.6 Å². The Morgan fingerprint density at radius 3 is 2.24 bits per heavy atom. The average molecular weight is 408 g/mol. The molecule has 1 N–H and O–H groups in total. The van der Waals surface area contributed by atoms with E-state index in [0.29, 0.717) is 32.8 Å². The van der Waals surface area contributed by atoms with E-state index in [9.17, 15) is 9.59 Å². The Labute approximate surface area is 154 Å². The predicted octanol–water partition coefficient (Wildman–Crippen LogP) is 3.90. The number of halogens is 1. The maximum absolute atomic E-state index is 12.5. The summed E-state index contributed by atoms with van der Waals surface area (Å²) in [6, 6.07) is 9.73. The summed E-state index contributed by atoms with van der Waals surface area (Å²) in [6.07, 6.45) is 0. The van der Waals surface area contributed by atoms with E-state index in [2.05, 4.69) is 21.2 Å². The highest BCUT2D eigenvalue weighted by molar-refractivity contribution is 9.10. The zero-order valence-corrected chi connectivity index (χ0v) is 15.7. The van der Waals surface area contributed by atoms with Crippen molar-refractivity contribution in [2.45, 2.75) is 6.92 Å². The second-order valence-electron chi connectivity index (χ2n) is 4.95. The first kappa shape index (κ1) is 18.8. The summed E-state index contributed by atoms with van der Waals surface area (Å²) in [4.78, 5) is 24.3. The Morgan fingerprint density at radius 2 is 1.68 bits per heavy atom. The van der Waals surface area contributed by atoms with Gasteiger partial charge in [0.1, 0.15) is 16.0 Å². The van der Waals surface area contributed by atoms with Crippen molar-refractivity contribution in [1.82, 2.24) is 0 Å². The summed E-state index contributed by atoms with van der Waals surface area (Å²) in [5.41, 5.74) is 1.21. The third-order valence-electron chi connectivity index (χ3n) is 3.34. The third-order valence-corrected chi connectivity index (χ3v) is 4.12. The molecule has 0 unspecified atom stereocenters. The highest BCUT2D eigenvalue weighted by atomic mass is 79.9. The van der Waals surface area contributed by atoms with Crippen LogP contribution in [0.2, 0.25) is 0 Å². The van der Waals surface area contributed by atoms with Crippen molar-refractivity contribution in [1.29, 1.82) is 0 Å². The molecule has 0 heterocycles. The first-order valence-corrected chi connectivity index (χ1v) is 8.29. The van der Waals surface area contributed by atoms with Gasteiger partial charge in [-0.3, -0.25) is 4.79 Å². The van der Waals surface area contributed by atoms with Crippen LogP contribution >= 0.6 is 15.9 Å². The molecule has 6 nitrogen and oxygen atoms in total. The molecule has 0 radical (unpaired) electrons. The number of nitrogens with one attached hydrogen (secondary N) is 1. The molecule has 0 aliphatic rings. The standard InChI is InChI=1S/C18H18BrNO5/c1-4-25-18(22)11-6-5-7-13(8-11)20-17(21)12-9-14(23-2)16(19)15(10-12)24-3/h5-10H,4H2,1-3H3,(H,20,21). The van der Waals surface area contributed by atoms with Crippen molar-refractivity contribution < 1.29 is 23.8 Å². The number of amides is 1. The number of esters is 1. The van der Waals surface area contributed by atoms with Crippen molar-refractivity contribution in [2.24, 2.45) is 0 Å². The van der Waals surface area contributed by atoms with Crippen LogP contribution in [0.25, 0.3) is 0 Å². The Hall–Kier alpha value is -2.54. The molecule has 0 aliphatic heterocycles. The van der Waals surface area contributed by atoms with E-state index >= 15 is 0 Å². The first-order valence-electron chi connectivity index (χ1n) is 7.50. The van der Waals surface area contributed by atoms with E-state index in [1.165, 1.54) is 14.2 Å². The first-order chi connectivity index (χ1) is 12.0. The number of carbonyl (C=O) groups excluding carboxylic acids is 2. The van der Waals surface area contributed by atoms with Crippen molar-refractivity contribution >= 4 is 33.5 Å². The number of hydrogen-bond acceptors (Lipinski definition) is 5. The zero-order chi connectivity index (χ0) is 18.4. The molecule has 25 heavy (non-hydrogen) atoms. The van der Waals surface area contributed by atoms with E-state index in [0.717, 1.165) is 0 Å². The third kappa shape index (κ3) is 4.51. The van der Waals surface area contributed by atoms with Gasteiger partial charge in [-0.15, -0.1) is 0 Å². The van der Waals surface area contributed by atoms with Crippen LogP contribution in [-0.2, 0) is 4.74 Å². The summed E-state index contributed by atoms with van der Waals surface area (Å²) < 4.78 is 16.1. The minimum Gasteiger partial charge on any atom is -0.495 e. The van der Waals surface area contributed by atoms with E-state index in [1.807, 2.05) is 0 Å². The smallest absolute Gasteiger partial charge is 0.338 e. The fraction of sp³-hybridized carbons (Fsp3) is 0.222. The van der Waals surface area contributed by atoms with Gasteiger partial charge in [-0.25, -0.2) is 4.79 Å². The van der Waals surface area contributed by atoms with E-state index in [1.54, 1.807) is 43.3 Å². The maximum Gasteiger partial charge on any atom is 0.338 e. The molecule has 1 amide bonds. The lowest BCUT2D eigenvalue weighted by atomic mass is 10.1. The molecule has 0 aromatic heterocycles. The molecule has 2 aromatic carbocycles. The molecular formula is C18H18BrNO5. The molecule has 132 valence electrons. The molecule has 2 rings (SSSR count). The van der Waals surface area contributed by atoms with Crippen molar-refractivity contribution in [2.75, 3.05) is 26.1 Å². The van der Waals surface area contributed by atoms with Gasteiger partial charge in [0.2, 0.25) is 0 Å². The van der Waals surface area contributed by atoms with E-state index in [4.69, 9.17) is 14.2 Å². The van der Waals surface area contributed by atoms with Crippen LogP contribution < -0.4 is 14.8 Å². The Balaban J connectivity index is 2.25. The van der Waals surface area contributed by atoms with Crippen LogP contribution in [0.5, 0.6) is 11.5 Å². The molecule has 0 saturated heterocycles. The van der Waals surface area contributed by atoms with Gasteiger partial charge in [-0.05, 0) is 53.2 Å². The minimum absolute atomic E-state index is 0.286. The maximum atomic E-state index is 12.5. The van der Waals surface area contributed by atoms with Gasteiger partial charge < -0.3 is 19.5 Å². The van der Waals surface area contributed by atoms with Crippen molar-refractivity contribution in [3.05, 3.63) is 52.0 Å². The summed E-state index contributed by atoms with van der Waals surface area (Å²) in [5, 5.41) is 2.74. The van der Waals surface area contributed by atoms with Crippen molar-refractivity contribution in [3.63, 3.8) is 0 Å². The molecule has 7 heteroatoms. The van der Waals surface area contributed by atoms with Crippen LogP contribution in [-0.4, -0.2) is 32.7 Å². The molecule has 0 fully saturated rings. The molecule has 0 bridgehead atoms. The van der Waals surface area contributed by atoms with Crippen LogP contribution in [0, 0.1) is 0 Å². The number of methoxy groups -OCH3 is 2. The van der Waals surface area contributed by atoms with Crippen LogP contribution in [0.3, 0.4) is 0 Å². The highest BCUT2D eigenvalue weighted by Crippen LogP contribution is 2.35. The van der Waals surface area contributed by atoms with Gasteiger partial charge in [0, 0.05) is 11.3 Å². The van der Waals surface area contributed by atoms with Gasteiger partial charge in [-0.1, -0.05) is 6.07 Å². The predicted molar refractivity (Wildman–Crippen MR) is 97.6 cm³/mol. The summed E-state index contributed by atoms with van der Waals surface area (Å²) in [7, 11) is 3.01. The number of carbonyl (C=O) groups is 2. The lowest BCUT2D eigenvalue weighted by Gasteiger charge is -2.12. The number of benzene rings is 2. The molecular weight excluding hydrogens is 390 g/mol. The largest absolute Gasteiger partial charge is 0.495 e. The molecule has 0 spiro atoms. The van der Waals surface area contributed by atoms with E-state index in [-0.39, 0.29) is 12.5 Å². The quantitative estimate of drug-likeness (QED) is 0.735. The topological polar surface area (TPSA) is 73.9 Å². The Bertz CT molecular complexity index is 766. The summed E-state index contributed by atoms with van der Waals surface area (Å²) >= 11 is 3.36. The van der Waals surface area contributed by atoms with E-state index < -0.39 is 5.97 Å². The van der Waals surface area contributed by atoms with Gasteiger partial charge in [0.25, 0.3) is 5.91 Å². The Morgan fingerprint density at radius 1 is 1.04 bits per heavy atom. The van der Waals surface area contributed by atoms with Crippen molar-refractivity contribution in [3.8, 4) is 11.5 Å². The monoisotopic (exact) mass is 407 g/mol. The zero-order valence-electron chi connectivity index (χ0n) is 14.1. The summed E-state index contributed by atoms with van der Waals surface area (Å²) in [5.74, 6) is 0.158. The normalized spacial score (nSPS) is 10.1. The lowest BCUT2D eigenvalue weighted by Crippen LogP contribution is -2.13. The lowest BCUT2D eigenvalue weighted by molar-refractivity contribution is 0.0526. The van der Waals surface area contributed by atoms with Gasteiger partial charge in [0.15, 0.2) is 0 Å². The number of ether oxygens (including phenoxy) is 3. The minimum atomic E-state index is -0.439. The van der Waals surface area contributed by atoms with Gasteiger partial charge in [0.05, 0.1) is 26.4 Å².